The van der Waals surface area contributed by atoms with Crippen molar-refractivity contribution in [3.05, 3.63) is 44.8 Å². The van der Waals surface area contributed by atoms with Gasteiger partial charge in [-0.25, -0.2) is 0 Å². The van der Waals surface area contributed by atoms with Gasteiger partial charge in [0.1, 0.15) is 0 Å². The maximum atomic E-state index is 9.82. The van der Waals surface area contributed by atoms with Crippen LogP contribution in [0.1, 0.15) is 23.0 Å². The van der Waals surface area contributed by atoms with Gasteiger partial charge in [0.05, 0.1) is 6.10 Å². The summed E-state index contributed by atoms with van der Waals surface area (Å²) in [5.41, 5.74) is 1.32. The van der Waals surface area contributed by atoms with E-state index in [1.165, 1.54) is 5.56 Å². The molecule has 0 saturated carbocycles. The second-order valence-corrected chi connectivity index (χ2v) is 4.96. The fraction of sp³-hybridized carbons (Fsp3) is 0.273. The Morgan fingerprint density at radius 1 is 1.29 bits per heavy atom. The van der Waals surface area contributed by atoms with E-state index in [0.717, 1.165) is 17.7 Å². The van der Waals surface area contributed by atoms with Crippen LogP contribution in [0.15, 0.2) is 34.3 Å². The monoisotopic (exact) mass is 224 g/mol. The van der Waals surface area contributed by atoms with Crippen LogP contribution in [0.4, 0.5) is 0 Å². The van der Waals surface area contributed by atoms with Crippen LogP contribution in [0.5, 0.6) is 0 Å². The van der Waals surface area contributed by atoms with Crippen LogP contribution in [0.25, 0.3) is 0 Å². The van der Waals surface area contributed by atoms with E-state index in [9.17, 15) is 5.11 Å². The van der Waals surface area contributed by atoms with Crippen molar-refractivity contribution in [3.8, 4) is 0 Å². The molecule has 2 rings (SSSR count). The first-order valence-corrected chi connectivity index (χ1v) is 6.41. The summed E-state index contributed by atoms with van der Waals surface area (Å²) in [4.78, 5) is 1.07. The Morgan fingerprint density at radius 2 is 2.21 bits per heavy atom. The number of hydrogen-bond acceptors (Lipinski definition) is 3. The van der Waals surface area contributed by atoms with Crippen LogP contribution >= 0.6 is 22.7 Å². The molecule has 2 heterocycles. The maximum absolute atomic E-state index is 9.82. The minimum absolute atomic E-state index is 0.296. The molecule has 3 heteroatoms. The highest BCUT2D eigenvalue weighted by Crippen LogP contribution is 2.23. The molecule has 0 spiro atoms. The van der Waals surface area contributed by atoms with E-state index in [1.54, 1.807) is 22.7 Å². The minimum atomic E-state index is -0.296. The molecule has 0 radical (unpaired) electrons. The summed E-state index contributed by atoms with van der Waals surface area (Å²) in [5, 5.41) is 16.0. The van der Waals surface area contributed by atoms with E-state index in [2.05, 4.69) is 16.8 Å². The maximum Gasteiger partial charge on any atom is 0.0885 e. The van der Waals surface area contributed by atoms with Gasteiger partial charge in [-0.15, -0.1) is 11.3 Å². The molecule has 1 unspecified atom stereocenters. The number of aryl methyl sites for hydroxylation is 1. The lowest BCUT2D eigenvalue weighted by Crippen LogP contribution is -1.96. The van der Waals surface area contributed by atoms with Gasteiger partial charge in [-0.05, 0) is 46.7 Å². The summed E-state index contributed by atoms with van der Waals surface area (Å²) in [7, 11) is 0. The third kappa shape index (κ3) is 2.44. The minimum Gasteiger partial charge on any atom is -0.388 e. The SMILES string of the molecule is OC(CCc1ccsc1)c1cccs1. The molecule has 2 aromatic rings. The summed E-state index contributed by atoms with van der Waals surface area (Å²) >= 11 is 3.33. The zero-order valence-electron chi connectivity index (χ0n) is 7.72. The second kappa shape index (κ2) is 4.73. The lowest BCUT2D eigenvalue weighted by atomic mass is 10.1. The van der Waals surface area contributed by atoms with Crippen molar-refractivity contribution >= 4 is 22.7 Å². The molecule has 0 aliphatic carbocycles. The van der Waals surface area contributed by atoms with E-state index >= 15 is 0 Å². The van der Waals surface area contributed by atoms with Crippen LogP contribution < -0.4 is 0 Å². The average molecular weight is 224 g/mol. The van der Waals surface area contributed by atoms with Gasteiger partial charge in [0.25, 0.3) is 0 Å². The molecule has 1 atom stereocenters. The van der Waals surface area contributed by atoms with Gasteiger partial charge in [0, 0.05) is 4.88 Å². The zero-order valence-corrected chi connectivity index (χ0v) is 9.35. The number of rotatable bonds is 4. The van der Waals surface area contributed by atoms with Crippen LogP contribution in [-0.2, 0) is 6.42 Å². The topological polar surface area (TPSA) is 20.2 Å². The van der Waals surface area contributed by atoms with Crippen LogP contribution in [0.2, 0.25) is 0 Å². The summed E-state index contributed by atoms with van der Waals surface area (Å²) in [5.74, 6) is 0. The number of aliphatic hydroxyl groups excluding tert-OH is 1. The highest BCUT2D eigenvalue weighted by Gasteiger charge is 2.08. The number of hydrogen-bond donors (Lipinski definition) is 1. The van der Waals surface area contributed by atoms with E-state index in [-0.39, 0.29) is 6.10 Å². The fourth-order valence-electron chi connectivity index (χ4n) is 1.36. The standard InChI is InChI=1S/C11H12OS2/c12-10(11-2-1-6-14-11)4-3-9-5-7-13-8-9/h1-2,5-8,10,12H,3-4H2. The van der Waals surface area contributed by atoms with Gasteiger partial charge >= 0.3 is 0 Å². The van der Waals surface area contributed by atoms with Crippen molar-refractivity contribution in [1.29, 1.82) is 0 Å². The Labute approximate surface area is 91.7 Å². The van der Waals surface area contributed by atoms with Gasteiger partial charge in [0.2, 0.25) is 0 Å². The Balaban J connectivity index is 1.87. The molecule has 74 valence electrons. The highest BCUT2D eigenvalue weighted by atomic mass is 32.1. The third-order valence-corrected chi connectivity index (χ3v) is 3.86. The smallest absolute Gasteiger partial charge is 0.0885 e. The van der Waals surface area contributed by atoms with Crippen molar-refractivity contribution in [3.63, 3.8) is 0 Å². The molecular weight excluding hydrogens is 212 g/mol. The van der Waals surface area contributed by atoms with E-state index in [4.69, 9.17) is 0 Å². The Morgan fingerprint density at radius 3 is 2.86 bits per heavy atom. The lowest BCUT2D eigenvalue weighted by molar-refractivity contribution is 0.171. The first kappa shape index (κ1) is 9.90. The van der Waals surface area contributed by atoms with Gasteiger partial charge in [-0.3, -0.25) is 0 Å². The molecule has 0 saturated heterocycles. The first-order chi connectivity index (χ1) is 6.86. The summed E-state index contributed by atoms with van der Waals surface area (Å²) in [6.07, 6.45) is 1.48. The van der Waals surface area contributed by atoms with Crippen molar-refractivity contribution < 1.29 is 5.11 Å². The fourth-order valence-corrected chi connectivity index (χ4v) is 2.81. The summed E-state index contributed by atoms with van der Waals surface area (Å²) in [6, 6.07) is 6.09. The largest absolute Gasteiger partial charge is 0.388 e. The summed E-state index contributed by atoms with van der Waals surface area (Å²) < 4.78 is 0. The van der Waals surface area contributed by atoms with E-state index in [0.29, 0.717) is 0 Å². The predicted octanol–water partition coefficient (Wildman–Crippen LogP) is 3.48. The van der Waals surface area contributed by atoms with Crippen molar-refractivity contribution in [2.75, 3.05) is 0 Å². The average Bonchev–Trinajstić information content (AvgIpc) is 2.87. The Kier molecular flexibility index (Phi) is 3.35. The Hall–Kier alpha value is -0.640. The van der Waals surface area contributed by atoms with Gasteiger partial charge < -0.3 is 5.11 Å². The second-order valence-electron chi connectivity index (χ2n) is 3.20. The normalized spacial score (nSPS) is 12.9. The van der Waals surface area contributed by atoms with Crippen LogP contribution in [0, 0.1) is 0 Å². The molecule has 1 nitrogen and oxygen atoms in total. The molecule has 0 amide bonds. The quantitative estimate of drug-likeness (QED) is 0.843. The molecule has 1 N–H and O–H groups in total. The van der Waals surface area contributed by atoms with Crippen molar-refractivity contribution in [2.45, 2.75) is 18.9 Å². The van der Waals surface area contributed by atoms with Crippen LogP contribution in [0.3, 0.4) is 0 Å². The molecular formula is C11H12OS2. The molecule has 0 fully saturated rings. The first-order valence-electron chi connectivity index (χ1n) is 4.59. The molecule has 0 aromatic carbocycles. The number of thiophene rings is 2. The van der Waals surface area contributed by atoms with Gasteiger partial charge in [-0.2, -0.15) is 11.3 Å². The molecule has 0 aliphatic rings. The van der Waals surface area contributed by atoms with Crippen molar-refractivity contribution in [1.82, 2.24) is 0 Å². The lowest BCUT2D eigenvalue weighted by Gasteiger charge is -2.06. The summed E-state index contributed by atoms with van der Waals surface area (Å²) in [6.45, 7) is 0. The number of aliphatic hydroxyl groups is 1. The van der Waals surface area contributed by atoms with Crippen molar-refractivity contribution in [2.24, 2.45) is 0 Å². The van der Waals surface area contributed by atoms with Gasteiger partial charge in [-0.1, -0.05) is 6.07 Å². The molecule has 0 aliphatic heterocycles. The van der Waals surface area contributed by atoms with Crippen LogP contribution in [-0.4, -0.2) is 5.11 Å². The molecule has 0 bridgehead atoms. The van der Waals surface area contributed by atoms with Gasteiger partial charge in [0.15, 0.2) is 0 Å². The Bertz CT molecular complexity index is 351. The van der Waals surface area contributed by atoms with E-state index < -0.39 is 0 Å². The third-order valence-electron chi connectivity index (χ3n) is 2.16. The highest BCUT2D eigenvalue weighted by molar-refractivity contribution is 7.10. The molecule has 14 heavy (non-hydrogen) atoms. The predicted molar refractivity (Wildman–Crippen MR) is 61.9 cm³/mol. The zero-order chi connectivity index (χ0) is 9.80. The molecule has 2 aromatic heterocycles. The van der Waals surface area contributed by atoms with E-state index in [1.807, 2.05) is 17.5 Å².